The minimum Gasteiger partial charge on any atom is -0.345 e. The Morgan fingerprint density at radius 1 is 0.926 bits per heavy atom. The fourth-order valence-corrected chi connectivity index (χ4v) is 3.18. The minimum atomic E-state index is -0.114. The molecule has 3 aromatic carbocycles. The molecular weight excluding hydrogens is 354 g/mol. The molecule has 0 fully saturated rings. The number of benzene rings is 3. The van der Waals surface area contributed by atoms with E-state index in [4.69, 9.17) is 11.6 Å². The van der Waals surface area contributed by atoms with Crippen molar-refractivity contribution in [3.05, 3.63) is 107 Å². The summed E-state index contributed by atoms with van der Waals surface area (Å²) < 4.78 is 0. The molecule has 3 rings (SSSR count). The number of nitrogens with one attached hydrogen (secondary N) is 1. The Hall–Kier alpha value is -2.84. The number of hydrogen-bond acceptors (Lipinski definition) is 1. The maximum absolute atomic E-state index is 13.2. The van der Waals surface area contributed by atoms with Gasteiger partial charge in [0.1, 0.15) is 0 Å². The monoisotopic (exact) mass is 375 g/mol. The maximum Gasteiger partial charge on any atom is 0.252 e. The first kappa shape index (κ1) is 18.9. The third-order valence-corrected chi connectivity index (χ3v) is 4.79. The molecule has 1 amide bonds. The normalized spacial score (nSPS) is 12.4. The minimum absolute atomic E-state index is 0.0444. The second kappa shape index (κ2) is 9.20. The van der Waals surface area contributed by atoms with Crippen molar-refractivity contribution in [2.24, 2.45) is 0 Å². The summed E-state index contributed by atoms with van der Waals surface area (Å²) in [4.78, 5) is 13.2. The molecular formula is C24H22ClNO. The van der Waals surface area contributed by atoms with Crippen LogP contribution < -0.4 is 5.32 Å². The molecule has 0 aromatic heterocycles. The molecule has 0 bridgehead atoms. The largest absolute Gasteiger partial charge is 0.345 e. The van der Waals surface area contributed by atoms with Crippen LogP contribution in [0.4, 0.5) is 0 Å². The van der Waals surface area contributed by atoms with Crippen LogP contribution in [0.1, 0.15) is 36.1 Å². The van der Waals surface area contributed by atoms with E-state index in [0.29, 0.717) is 10.6 Å². The molecule has 3 heteroatoms. The van der Waals surface area contributed by atoms with E-state index < -0.39 is 0 Å². The maximum atomic E-state index is 13.2. The van der Waals surface area contributed by atoms with Crippen LogP contribution in [0.3, 0.4) is 0 Å². The van der Waals surface area contributed by atoms with Gasteiger partial charge in [0.2, 0.25) is 0 Å². The van der Waals surface area contributed by atoms with Crippen LogP contribution in [0.2, 0.25) is 5.02 Å². The van der Waals surface area contributed by atoms with Crippen molar-refractivity contribution in [3.8, 4) is 0 Å². The fourth-order valence-electron chi connectivity index (χ4n) is 2.99. The van der Waals surface area contributed by atoms with E-state index in [2.05, 4.69) is 12.2 Å². The highest BCUT2D eigenvalue weighted by Gasteiger charge is 2.17. The Labute approximate surface area is 165 Å². The first-order chi connectivity index (χ1) is 13.2. The number of hydrogen-bond donors (Lipinski definition) is 1. The number of amides is 1. The third kappa shape index (κ3) is 4.87. The standard InChI is InChI=1S/C24H22ClNO/c1-2-23(19-13-7-4-8-14-19)26-24(27)21(18-11-5-3-6-12-18)17-20-15-9-10-16-22(20)25/h3-17,23H,2H2,1H3,(H,26,27)/b21-17+/t23-/m0/s1. The average Bonchev–Trinajstić information content (AvgIpc) is 2.72. The second-order valence-electron chi connectivity index (χ2n) is 6.29. The van der Waals surface area contributed by atoms with Crippen molar-refractivity contribution < 1.29 is 4.79 Å². The van der Waals surface area contributed by atoms with E-state index >= 15 is 0 Å². The van der Waals surface area contributed by atoms with Crippen LogP contribution in [-0.4, -0.2) is 5.91 Å². The molecule has 0 saturated heterocycles. The Balaban J connectivity index is 1.95. The Bertz CT molecular complexity index is 919. The topological polar surface area (TPSA) is 29.1 Å². The summed E-state index contributed by atoms with van der Waals surface area (Å²) >= 11 is 6.31. The molecule has 1 N–H and O–H groups in total. The summed E-state index contributed by atoms with van der Waals surface area (Å²) in [6.07, 6.45) is 2.66. The van der Waals surface area contributed by atoms with Gasteiger partial charge in [0, 0.05) is 10.6 Å². The van der Waals surface area contributed by atoms with Gasteiger partial charge < -0.3 is 5.32 Å². The lowest BCUT2D eigenvalue weighted by Crippen LogP contribution is -2.28. The highest BCUT2D eigenvalue weighted by atomic mass is 35.5. The molecule has 0 unspecified atom stereocenters. The van der Waals surface area contributed by atoms with Gasteiger partial charge in [-0.2, -0.15) is 0 Å². The zero-order valence-electron chi connectivity index (χ0n) is 15.2. The molecule has 0 saturated carbocycles. The van der Waals surface area contributed by atoms with Crippen molar-refractivity contribution in [3.63, 3.8) is 0 Å². The van der Waals surface area contributed by atoms with Gasteiger partial charge in [0.15, 0.2) is 0 Å². The van der Waals surface area contributed by atoms with Crippen LogP contribution in [0, 0.1) is 0 Å². The van der Waals surface area contributed by atoms with Gasteiger partial charge in [-0.1, -0.05) is 97.4 Å². The first-order valence-electron chi connectivity index (χ1n) is 9.06. The van der Waals surface area contributed by atoms with Crippen LogP contribution in [0.25, 0.3) is 11.6 Å². The number of carbonyl (C=O) groups is 1. The molecule has 1 atom stereocenters. The lowest BCUT2D eigenvalue weighted by molar-refractivity contribution is -0.116. The Morgan fingerprint density at radius 3 is 2.15 bits per heavy atom. The van der Waals surface area contributed by atoms with E-state index in [9.17, 15) is 4.79 Å². The van der Waals surface area contributed by atoms with Gasteiger partial charge >= 0.3 is 0 Å². The molecule has 0 spiro atoms. The fraction of sp³-hybridized carbons (Fsp3) is 0.125. The van der Waals surface area contributed by atoms with Crippen LogP contribution in [-0.2, 0) is 4.79 Å². The summed E-state index contributed by atoms with van der Waals surface area (Å²) in [6, 6.07) is 27.2. The molecule has 136 valence electrons. The predicted octanol–water partition coefficient (Wildman–Crippen LogP) is 6.15. The first-order valence-corrected chi connectivity index (χ1v) is 9.44. The van der Waals surface area contributed by atoms with Gasteiger partial charge in [-0.3, -0.25) is 4.79 Å². The zero-order valence-corrected chi connectivity index (χ0v) is 16.0. The number of halogens is 1. The third-order valence-electron chi connectivity index (χ3n) is 4.45. The molecule has 3 aromatic rings. The average molecular weight is 376 g/mol. The summed E-state index contributed by atoms with van der Waals surface area (Å²) in [5.41, 5.74) is 3.37. The van der Waals surface area contributed by atoms with Crippen molar-refractivity contribution >= 4 is 29.2 Å². The van der Waals surface area contributed by atoms with E-state index in [-0.39, 0.29) is 11.9 Å². The molecule has 27 heavy (non-hydrogen) atoms. The van der Waals surface area contributed by atoms with E-state index in [1.165, 1.54) is 0 Å². The molecule has 0 aliphatic rings. The van der Waals surface area contributed by atoms with Gasteiger partial charge in [0.25, 0.3) is 5.91 Å². The van der Waals surface area contributed by atoms with Crippen molar-refractivity contribution in [1.82, 2.24) is 5.32 Å². The predicted molar refractivity (Wildman–Crippen MR) is 113 cm³/mol. The van der Waals surface area contributed by atoms with Gasteiger partial charge in [-0.25, -0.2) is 0 Å². The second-order valence-corrected chi connectivity index (χ2v) is 6.70. The number of carbonyl (C=O) groups excluding carboxylic acids is 1. The summed E-state index contributed by atoms with van der Waals surface area (Å²) in [7, 11) is 0. The summed E-state index contributed by atoms with van der Waals surface area (Å²) in [5.74, 6) is -0.114. The van der Waals surface area contributed by atoms with E-state index in [1.54, 1.807) is 0 Å². The molecule has 2 nitrogen and oxygen atoms in total. The van der Waals surface area contributed by atoms with Crippen molar-refractivity contribution in [2.75, 3.05) is 0 Å². The Morgan fingerprint density at radius 2 is 1.52 bits per heavy atom. The SMILES string of the molecule is CC[C@H](NC(=O)/C(=C/c1ccccc1Cl)c1ccccc1)c1ccccc1. The lowest BCUT2D eigenvalue weighted by atomic mass is 9.99. The van der Waals surface area contributed by atoms with E-state index in [0.717, 1.165) is 23.1 Å². The van der Waals surface area contributed by atoms with Gasteiger partial charge in [0.05, 0.1) is 6.04 Å². The van der Waals surface area contributed by atoms with Crippen molar-refractivity contribution in [1.29, 1.82) is 0 Å². The summed E-state index contributed by atoms with van der Waals surface area (Å²) in [5, 5.41) is 3.79. The Kier molecular flexibility index (Phi) is 6.45. The van der Waals surface area contributed by atoms with E-state index in [1.807, 2.05) is 91.0 Å². The lowest BCUT2D eigenvalue weighted by Gasteiger charge is -2.19. The zero-order chi connectivity index (χ0) is 19.1. The highest BCUT2D eigenvalue weighted by molar-refractivity contribution is 6.33. The quantitative estimate of drug-likeness (QED) is 0.406. The molecule has 0 heterocycles. The van der Waals surface area contributed by atoms with Crippen LogP contribution in [0.5, 0.6) is 0 Å². The molecule has 0 aliphatic heterocycles. The molecule has 0 radical (unpaired) electrons. The molecule has 0 aliphatic carbocycles. The van der Waals surface area contributed by atoms with Crippen molar-refractivity contribution in [2.45, 2.75) is 19.4 Å². The van der Waals surface area contributed by atoms with Gasteiger partial charge in [-0.05, 0) is 35.3 Å². The van der Waals surface area contributed by atoms with Gasteiger partial charge in [-0.15, -0.1) is 0 Å². The highest BCUT2D eigenvalue weighted by Crippen LogP contribution is 2.25. The van der Waals surface area contributed by atoms with Crippen LogP contribution >= 0.6 is 11.6 Å². The number of rotatable bonds is 6. The van der Waals surface area contributed by atoms with Crippen LogP contribution in [0.15, 0.2) is 84.9 Å². The summed E-state index contributed by atoms with van der Waals surface area (Å²) in [6.45, 7) is 2.07. The smallest absolute Gasteiger partial charge is 0.252 e.